The van der Waals surface area contributed by atoms with Gasteiger partial charge in [-0.3, -0.25) is 0 Å². The molecular formula is C78H44N6S. The minimum Gasteiger partial charge on any atom is -0.306 e. The number of rotatable bonds is 6. The Morgan fingerprint density at radius 3 is 1.20 bits per heavy atom. The van der Waals surface area contributed by atoms with Crippen molar-refractivity contribution in [3.05, 3.63) is 278 Å². The van der Waals surface area contributed by atoms with Crippen LogP contribution in [0.1, 0.15) is 11.1 Å². The monoisotopic (exact) mass is 1100 g/mol. The van der Waals surface area contributed by atoms with E-state index in [0.717, 1.165) is 114 Å². The van der Waals surface area contributed by atoms with Gasteiger partial charge in [-0.1, -0.05) is 212 Å². The molecule has 0 aliphatic rings. The van der Waals surface area contributed by atoms with Gasteiger partial charge in [-0.15, -0.1) is 11.3 Å². The number of hydrogen-bond acceptors (Lipinski definition) is 3. The SMILES string of the molecule is N#Cc1c(-n2c3ccccc3c3ccccc32)c(C#N)c(-n2c3ccccc3c3ccccc32)c(-n2c3ccc(-c4ccccc4-c4cccc5ccccc45)cc3c3ccc4c5ccccc5sc4c32)c1-n1c2ccccc2c2ccccc21. The summed E-state index contributed by atoms with van der Waals surface area (Å²) < 4.78 is 11.6. The molecule has 6 nitrogen and oxygen atoms in total. The molecule has 0 atom stereocenters. The third-order valence-electron chi connectivity index (χ3n) is 17.8. The molecule has 0 spiro atoms. The van der Waals surface area contributed by atoms with Gasteiger partial charge < -0.3 is 18.3 Å². The Labute approximate surface area is 490 Å². The van der Waals surface area contributed by atoms with Crippen molar-refractivity contribution in [1.82, 2.24) is 18.3 Å². The zero-order valence-electron chi connectivity index (χ0n) is 45.5. The molecule has 0 bridgehead atoms. The van der Waals surface area contributed by atoms with Crippen molar-refractivity contribution in [2.24, 2.45) is 0 Å². The molecule has 85 heavy (non-hydrogen) atoms. The zero-order chi connectivity index (χ0) is 56.0. The van der Waals surface area contributed by atoms with Gasteiger partial charge in [0, 0.05) is 58.6 Å². The number of nitriles is 2. The highest BCUT2D eigenvalue weighted by molar-refractivity contribution is 7.26. The van der Waals surface area contributed by atoms with Gasteiger partial charge in [0.2, 0.25) is 0 Å². The van der Waals surface area contributed by atoms with Crippen LogP contribution in [0.25, 0.3) is 163 Å². The lowest BCUT2D eigenvalue weighted by Gasteiger charge is -2.27. The first-order valence-electron chi connectivity index (χ1n) is 28.6. The van der Waals surface area contributed by atoms with Crippen LogP contribution in [0, 0.1) is 22.7 Å². The van der Waals surface area contributed by atoms with Gasteiger partial charge in [-0.2, -0.15) is 10.5 Å². The van der Waals surface area contributed by atoms with E-state index in [2.05, 4.69) is 297 Å². The second kappa shape index (κ2) is 18.0. The number of fused-ring (bicyclic) bond motifs is 17. The summed E-state index contributed by atoms with van der Waals surface area (Å²) in [5.74, 6) is 0. The second-order valence-corrected chi connectivity index (χ2v) is 23.1. The number of thiophene rings is 1. The zero-order valence-corrected chi connectivity index (χ0v) is 46.3. The molecule has 0 fully saturated rings. The molecule has 0 saturated heterocycles. The quantitative estimate of drug-likeness (QED) is 0.166. The first-order chi connectivity index (χ1) is 42.2. The molecule has 0 N–H and O–H groups in total. The van der Waals surface area contributed by atoms with Crippen LogP contribution < -0.4 is 0 Å². The molecule has 0 aliphatic heterocycles. The van der Waals surface area contributed by atoms with Crippen molar-refractivity contribution in [1.29, 1.82) is 10.5 Å². The van der Waals surface area contributed by atoms with Crippen molar-refractivity contribution in [2.75, 3.05) is 0 Å². The normalized spacial score (nSPS) is 12.0. The van der Waals surface area contributed by atoms with Gasteiger partial charge in [-0.25, -0.2) is 0 Å². The number of aromatic nitrogens is 4. The fourth-order valence-corrected chi connectivity index (χ4v) is 15.6. The lowest BCUT2D eigenvalue weighted by atomic mass is 9.91. The first kappa shape index (κ1) is 47.2. The highest BCUT2D eigenvalue weighted by Gasteiger charge is 2.35. The van der Waals surface area contributed by atoms with E-state index in [1.807, 2.05) is 0 Å². The standard InChI is InChI=1S/C78H44N6S/c79-45-63-73(81-65-33-12-5-25-53(65)54-26-6-13-34-66(54)81)64(46-80)75(83-69-37-16-9-29-57(69)58-30-10-17-38-70(58)83)77(74(63)82-67-35-14-7-27-55(67)56-28-8-15-36-68(56)82)84-71-43-40-48(50-23-3-4-24-51(50)52-32-19-21-47-20-1-2-22-49(47)52)44-62(71)60-41-42-61-59-31-11-18-39-72(59)85-78(61)76(60)84/h1-44H. The van der Waals surface area contributed by atoms with Crippen molar-refractivity contribution < 1.29 is 0 Å². The van der Waals surface area contributed by atoms with Crippen LogP contribution in [0.4, 0.5) is 0 Å². The summed E-state index contributed by atoms with van der Waals surface area (Å²) >= 11 is 1.79. The number of nitrogens with zero attached hydrogens (tertiary/aromatic N) is 6. The molecule has 18 rings (SSSR count). The topological polar surface area (TPSA) is 67.3 Å². The molecule has 0 radical (unpaired) electrons. The van der Waals surface area contributed by atoms with E-state index in [0.29, 0.717) is 33.9 Å². The fourth-order valence-electron chi connectivity index (χ4n) is 14.4. The molecule has 13 aromatic carbocycles. The van der Waals surface area contributed by atoms with E-state index in [9.17, 15) is 10.5 Å². The molecule has 5 heterocycles. The van der Waals surface area contributed by atoms with Crippen LogP contribution in [-0.4, -0.2) is 18.3 Å². The lowest BCUT2D eigenvalue weighted by molar-refractivity contribution is 1.02. The maximum absolute atomic E-state index is 12.7. The minimum absolute atomic E-state index is 0.369. The summed E-state index contributed by atoms with van der Waals surface area (Å²) in [6.45, 7) is 0. The number of para-hydroxylation sites is 6. The molecule has 0 aliphatic carbocycles. The Morgan fingerprint density at radius 1 is 0.271 bits per heavy atom. The Hall–Kier alpha value is -11.5. The molecule has 0 unspecified atom stereocenters. The van der Waals surface area contributed by atoms with E-state index in [4.69, 9.17) is 0 Å². The maximum atomic E-state index is 12.7. The fraction of sp³-hybridized carbons (Fsp3) is 0. The predicted octanol–water partition coefficient (Wildman–Crippen LogP) is 20.7. The molecule has 392 valence electrons. The van der Waals surface area contributed by atoms with Gasteiger partial charge in [0.25, 0.3) is 0 Å². The van der Waals surface area contributed by atoms with Crippen molar-refractivity contribution in [3.8, 4) is 57.1 Å². The van der Waals surface area contributed by atoms with Gasteiger partial charge in [-0.05, 0) is 87.6 Å². The van der Waals surface area contributed by atoms with E-state index in [1.54, 1.807) is 11.3 Å². The Kier molecular flexibility index (Phi) is 10.00. The average molecular weight is 1100 g/mol. The van der Waals surface area contributed by atoms with Crippen LogP contribution in [-0.2, 0) is 0 Å². The van der Waals surface area contributed by atoms with E-state index in [-0.39, 0.29) is 0 Å². The van der Waals surface area contributed by atoms with Crippen molar-refractivity contribution in [3.63, 3.8) is 0 Å². The lowest BCUT2D eigenvalue weighted by Crippen LogP contribution is -2.17. The number of benzene rings is 13. The Balaban J connectivity index is 1.11. The molecule has 0 saturated carbocycles. The summed E-state index contributed by atoms with van der Waals surface area (Å²) in [7, 11) is 0. The summed E-state index contributed by atoms with van der Waals surface area (Å²) in [4.78, 5) is 0. The van der Waals surface area contributed by atoms with Crippen molar-refractivity contribution in [2.45, 2.75) is 0 Å². The largest absolute Gasteiger partial charge is 0.306 e. The molecule has 0 amide bonds. The van der Waals surface area contributed by atoms with Gasteiger partial charge in [0.05, 0.1) is 71.6 Å². The summed E-state index contributed by atoms with van der Waals surface area (Å²) in [6, 6.07) is 101. The predicted molar refractivity (Wildman–Crippen MR) is 354 cm³/mol. The Morgan fingerprint density at radius 2 is 0.671 bits per heavy atom. The molecule has 5 aromatic heterocycles. The van der Waals surface area contributed by atoms with E-state index < -0.39 is 0 Å². The smallest absolute Gasteiger partial charge is 0.104 e. The summed E-state index contributed by atoms with van der Waals surface area (Å²) in [6.07, 6.45) is 0. The minimum atomic E-state index is 0.369. The highest BCUT2D eigenvalue weighted by atomic mass is 32.1. The van der Waals surface area contributed by atoms with Crippen LogP contribution >= 0.6 is 11.3 Å². The first-order valence-corrected chi connectivity index (χ1v) is 29.4. The van der Waals surface area contributed by atoms with Crippen LogP contribution in [0.2, 0.25) is 0 Å². The van der Waals surface area contributed by atoms with Crippen molar-refractivity contribution >= 4 is 130 Å². The number of hydrogen-bond donors (Lipinski definition) is 0. The third kappa shape index (κ3) is 6.50. The summed E-state index contributed by atoms with van der Waals surface area (Å²) in [5.41, 5.74) is 15.3. The van der Waals surface area contributed by atoms with Crippen LogP contribution in [0.5, 0.6) is 0 Å². The van der Waals surface area contributed by atoms with Gasteiger partial charge in [0.15, 0.2) is 0 Å². The highest BCUT2D eigenvalue weighted by Crippen LogP contribution is 2.52. The van der Waals surface area contributed by atoms with E-state index >= 15 is 0 Å². The molecule has 18 aromatic rings. The average Bonchev–Trinajstić information content (AvgIpc) is 1.77. The summed E-state index contributed by atoms with van der Waals surface area (Å²) in [5, 5.41) is 38.5. The maximum Gasteiger partial charge on any atom is 0.104 e. The van der Waals surface area contributed by atoms with Crippen LogP contribution in [0.3, 0.4) is 0 Å². The van der Waals surface area contributed by atoms with E-state index in [1.165, 1.54) is 26.4 Å². The molecular weight excluding hydrogens is 1050 g/mol. The Bertz CT molecular complexity index is 5710. The van der Waals surface area contributed by atoms with Gasteiger partial charge in [0.1, 0.15) is 23.3 Å². The van der Waals surface area contributed by atoms with Crippen LogP contribution in [0.15, 0.2) is 267 Å². The molecule has 7 heteroatoms. The third-order valence-corrected chi connectivity index (χ3v) is 19.0. The van der Waals surface area contributed by atoms with Gasteiger partial charge >= 0.3 is 0 Å². The second-order valence-electron chi connectivity index (χ2n) is 22.1.